The summed E-state index contributed by atoms with van der Waals surface area (Å²) in [5.41, 5.74) is 4.57. The summed E-state index contributed by atoms with van der Waals surface area (Å²) in [6.45, 7) is 5.24. The number of aromatic nitrogens is 4. The molecule has 2 amide bonds. The first-order chi connectivity index (χ1) is 17.9. The minimum Gasteiger partial charge on any atom is -0.371 e. The monoisotopic (exact) mass is 498 g/mol. The van der Waals surface area contributed by atoms with Crippen LogP contribution in [-0.4, -0.2) is 56.6 Å². The molecule has 4 aromatic rings. The lowest BCUT2D eigenvalue weighted by Crippen LogP contribution is -2.43. The van der Waals surface area contributed by atoms with E-state index in [4.69, 9.17) is 0 Å². The number of carbonyl (C=O) groups excluding carboxylic acids is 2. The first-order valence-corrected chi connectivity index (χ1v) is 12.8. The van der Waals surface area contributed by atoms with Gasteiger partial charge in [-0.15, -0.1) is 5.10 Å². The van der Waals surface area contributed by atoms with Crippen LogP contribution in [-0.2, 0) is 4.79 Å². The Morgan fingerprint density at radius 1 is 1.00 bits per heavy atom. The van der Waals surface area contributed by atoms with Gasteiger partial charge in [-0.3, -0.25) is 9.59 Å². The quantitative estimate of drug-likeness (QED) is 0.372. The molecule has 37 heavy (non-hydrogen) atoms. The van der Waals surface area contributed by atoms with Crippen molar-refractivity contribution in [3.63, 3.8) is 0 Å². The number of carbonyl (C=O) groups is 2. The average molecular weight is 499 g/mol. The zero-order valence-corrected chi connectivity index (χ0v) is 21.0. The Kier molecular flexibility index (Phi) is 5.96. The molecule has 0 spiro atoms. The van der Waals surface area contributed by atoms with Gasteiger partial charge in [-0.1, -0.05) is 0 Å². The number of piperidine rings is 1. The summed E-state index contributed by atoms with van der Waals surface area (Å²) in [7, 11) is 0. The summed E-state index contributed by atoms with van der Waals surface area (Å²) >= 11 is 0. The second-order valence-electron chi connectivity index (χ2n) is 10.0. The number of rotatable bonds is 6. The molecule has 1 aliphatic carbocycles. The zero-order valence-electron chi connectivity index (χ0n) is 21.0. The molecule has 190 valence electrons. The Balaban J connectivity index is 1.27. The molecule has 10 nitrogen and oxygen atoms in total. The van der Waals surface area contributed by atoms with Crippen molar-refractivity contribution < 1.29 is 9.59 Å². The maximum Gasteiger partial charge on any atom is 0.257 e. The van der Waals surface area contributed by atoms with E-state index in [2.05, 4.69) is 36.0 Å². The van der Waals surface area contributed by atoms with E-state index in [1.807, 2.05) is 31.3 Å². The average Bonchev–Trinajstić information content (AvgIpc) is 3.61. The van der Waals surface area contributed by atoms with Gasteiger partial charge < -0.3 is 25.3 Å². The Morgan fingerprint density at radius 3 is 2.54 bits per heavy atom. The van der Waals surface area contributed by atoms with Crippen LogP contribution < -0.4 is 20.9 Å². The molecule has 0 unspecified atom stereocenters. The van der Waals surface area contributed by atoms with Crippen LogP contribution in [0, 0.1) is 6.92 Å². The number of hydrogen-bond donors (Lipinski definition) is 3. The molecule has 2 fully saturated rings. The predicted molar refractivity (Wildman–Crippen MR) is 143 cm³/mol. The van der Waals surface area contributed by atoms with E-state index >= 15 is 0 Å². The summed E-state index contributed by atoms with van der Waals surface area (Å²) in [6.07, 6.45) is 10.1. The molecule has 1 aliphatic heterocycles. The zero-order chi connectivity index (χ0) is 25.5. The Labute approximate surface area is 214 Å². The lowest BCUT2D eigenvalue weighted by atomic mass is 10.0. The maximum absolute atomic E-state index is 13.4. The standard InChI is InChI=1S/C27H30N8O2/c1-16-14-35-15-20(13-23(26(35)29-16)30-17(2)36)32-27(37)22-5-6-24(21-7-10-28-33-25(21)22)34-11-8-19(9-12-34)31-18-3-4-18/h5-7,10,13-15,18-19,31H,3-4,8-9,11-12H2,1-2H3,(H,30,36)(H,32,37). The number of amides is 2. The van der Waals surface area contributed by atoms with Gasteiger partial charge >= 0.3 is 0 Å². The third-order valence-corrected chi connectivity index (χ3v) is 7.03. The molecule has 0 radical (unpaired) electrons. The maximum atomic E-state index is 13.4. The minimum atomic E-state index is -0.297. The highest BCUT2D eigenvalue weighted by molar-refractivity contribution is 6.14. The van der Waals surface area contributed by atoms with Crippen LogP contribution in [0.2, 0.25) is 0 Å². The molecular weight excluding hydrogens is 468 g/mol. The van der Waals surface area contributed by atoms with Crippen LogP contribution in [0.25, 0.3) is 16.6 Å². The van der Waals surface area contributed by atoms with E-state index < -0.39 is 0 Å². The second-order valence-corrected chi connectivity index (χ2v) is 10.0. The smallest absolute Gasteiger partial charge is 0.257 e. The summed E-state index contributed by atoms with van der Waals surface area (Å²) in [6, 6.07) is 8.78. The van der Waals surface area contributed by atoms with Crippen molar-refractivity contribution >= 4 is 45.4 Å². The summed E-state index contributed by atoms with van der Waals surface area (Å²) in [4.78, 5) is 32.0. The fourth-order valence-electron chi connectivity index (χ4n) is 5.17. The third-order valence-electron chi connectivity index (χ3n) is 7.03. The van der Waals surface area contributed by atoms with E-state index in [1.165, 1.54) is 19.8 Å². The van der Waals surface area contributed by atoms with E-state index in [1.54, 1.807) is 22.9 Å². The van der Waals surface area contributed by atoms with E-state index in [-0.39, 0.29) is 11.8 Å². The number of nitrogens with zero attached hydrogens (tertiary/aromatic N) is 5. The fraction of sp³-hybridized carbons (Fsp3) is 0.370. The van der Waals surface area contributed by atoms with Gasteiger partial charge in [0.05, 0.1) is 28.8 Å². The largest absolute Gasteiger partial charge is 0.371 e. The molecule has 10 heteroatoms. The van der Waals surface area contributed by atoms with Gasteiger partial charge in [-0.2, -0.15) is 5.10 Å². The molecule has 1 aromatic carbocycles. The van der Waals surface area contributed by atoms with Gasteiger partial charge in [0.25, 0.3) is 5.91 Å². The SMILES string of the molecule is CC(=O)Nc1cc(NC(=O)c2ccc(N3CCC(NC4CC4)CC3)c3ccnnc23)cn2cc(C)nc12. The van der Waals surface area contributed by atoms with Crippen molar-refractivity contribution in [3.05, 3.63) is 54.1 Å². The van der Waals surface area contributed by atoms with Crippen molar-refractivity contribution in [1.29, 1.82) is 0 Å². The summed E-state index contributed by atoms with van der Waals surface area (Å²) in [5.74, 6) is -0.510. The van der Waals surface area contributed by atoms with Crippen LogP contribution >= 0.6 is 0 Å². The number of fused-ring (bicyclic) bond motifs is 2. The first kappa shape index (κ1) is 23.4. The van der Waals surface area contributed by atoms with Crippen LogP contribution in [0.4, 0.5) is 17.1 Å². The van der Waals surface area contributed by atoms with Crippen LogP contribution in [0.3, 0.4) is 0 Å². The van der Waals surface area contributed by atoms with E-state index in [0.29, 0.717) is 34.1 Å². The summed E-state index contributed by atoms with van der Waals surface area (Å²) < 4.78 is 1.79. The first-order valence-electron chi connectivity index (χ1n) is 12.8. The topological polar surface area (TPSA) is 117 Å². The molecule has 6 rings (SSSR count). The molecule has 4 heterocycles. The highest BCUT2D eigenvalue weighted by Gasteiger charge is 2.28. The van der Waals surface area contributed by atoms with E-state index in [9.17, 15) is 9.59 Å². The van der Waals surface area contributed by atoms with Crippen molar-refractivity contribution in [2.24, 2.45) is 0 Å². The molecular formula is C27H30N8O2. The van der Waals surface area contributed by atoms with Crippen molar-refractivity contribution in [1.82, 2.24) is 24.9 Å². The van der Waals surface area contributed by atoms with Gasteiger partial charge in [0, 0.05) is 55.6 Å². The van der Waals surface area contributed by atoms with Gasteiger partial charge in [-0.05, 0) is 56.9 Å². The molecule has 1 saturated carbocycles. The predicted octanol–water partition coefficient (Wildman–Crippen LogP) is 3.52. The molecule has 2 aliphatic rings. The Hall–Kier alpha value is -4.05. The van der Waals surface area contributed by atoms with Crippen LogP contribution in [0.1, 0.15) is 48.7 Å². The number of benzene rings is 1. The highest BCUT2D eigenvalue weighted by Crippen LogP contribution is 2.31. The van der Waals surface area contributed by atoms with Gasteiger partial charge in [0.1, 0.15) is 5.52 Å². The molecule has 1 saturated heterocycles. The van der Waals surface area contributed by atoms with E-state index in [0.717, 1.165) is 48.7 Å². The molecule has 3 N–H and O–H groups in total. The highest BCUT2D eigenvalue weighted by atomic mass is 16.2. The molecule has 0 atom stereocenters. The van der Waals surface area contributed by atoms with Crippen LogP contribution in [0.5, 0.6) is 0 Å². The number of aryl methyl sites for hydroxylation is 1. The number of pyridine rings is 1. The number of anilines is 3. The number of nitrogens with one attached hydrogen (secondary N) is 3. The van der Waals surface area contributed by atoms with Gasteiger partial charge in [0.2, 0.25) is 5.91 Å². The molecule has 3 aromatic heterocycles. The molecule has 0 bridgehead atoms. The lowest BCUT2D eigenvalue weighted by Gasteiger charge is -2.34. The van der Waals surface area contributed by atoms with Crippen molar-refractivity contribution in [3.8, 4) is 0 Å². The number of imidazole rings is 1. The Morgan fingerprint density at radius 2 is 1.78 bits per heavy atom. The third kappa shape index (κ3) is 4.84. The van der Waals surface area contributed by atoms with Gasteiger partial charge in [-0.25, -0.2) is 4.98 Å². The normalized spacial score (nSPS) is 16.3. The van der Waals surface area contributed by atoms with Crippen molar-refractivity contribution in [2.75, 3.05) is 28.6 Å². The Bertz CT molecular complexity index is 1500. The summed E-state index contributed by atoms with van der Waals surface area (Å²) in [5, 5.41) is 18.8. The number of hydrogen-bond acceptors (Lipinski definition) is 7. The van der Waals surface area contributed by atoms with Crippen LogP contribution in [0.15, 0.2) is 42.9 Å². The fourth-order valence-corrected chi connectivity index (χ4v) is 5.17. The van der Waals surface area contributed by atoms with Gasteiger partial charge in [0.15, 0.2) is 5.65 Å². The minimum absolute atomic E-state index is 0.213. The van der Waals surface area contributed by atoms with Crippen molar-refractivity contribution in [2.45, 2.75) is 51.6 Å². The second kappa shape index (κ2) is 9.44. The lowest BCUT2D eigenvalue weighted by molar-refractivity contribution is -0.114.